The maximum absolute atomic E-state index is 12.8. The lowest BCUT2D eigenvalue weighted by molar-refractivity contribution is 0.103. The van der Waals surface area contributed by atoms with Crippen molar-refractivity contribution in [1.29, 1.82) is 5.26 Å². The molecule has 0 spiro atoms. The highest BCUT2D eigenvalue weighted by Gasteiger charge is 2.17. The zero-order chi connectivity index (χ0) is 19.8. The first-order valence-electron chi connectivity index (χ1n) is 9.15. The van der Waals surface area contributed by atoms with E-state index >= 15 is 0 Å². The summed E-state index contributed by atoms with van der Waals surface area (Å²) in [5.41, 5.74) is -0.280. The van der Waals surface area contributed by atoms with E-state index in [0.717, 1.165) is 19.3 Å². The number of ketones is 1. The average Bonchev–Trinajstić information content (AvgIpc) is 2.67. The summed E-state index contributed by atoms with van der Waals surface area (Å²) in [5, 5.41) is 19.5. The maximum Gasteiger partial charge on any atom is 0.268 e. The van der Waals surface area contributed by atoms with Gasteiger partial charge >= 0.3 is 0 Å². The van der Waals surface area contributed by atoms with Crippen LogP contribution in [0.25, 0.3) is 0 Å². The molecule has 27 heavy (non-hydrogen) atoms. The highest BCUT2D eigenvalue weighted by Crippen LogP contribution is 2.24. The van der Waals surface area contributed by atoms with Crippen molar-refractivity contribution in [3.05, 3.63) is 62.5 Å². The predicted octanol–water partition coefficient (Wildman–Crippen LogP) is 4.67. The van der Waals surface area contributed by atoms with Gasteiger partial charge in [0.15, 0.2) is 5.78 Å². The van der Waals surface area contributed by atoms with Crippen molar-refractivity contribution in [2.45, 2.75) is 52.0 Å². The molecular weight excluding hydrogens is 364 g/mol. The summed E-state index contributed by atoms with van der Waals surface area (Å²) in [6.45, 7) is 2.60. The SMILES string of the molecule is CCCCCCCCn1cc(C(=O)c2cc(Cl)ccc2O)cc(C#N)c1=O. The lowest BCUT2D eigenvalue weighted by atomic mass is 10.0. The van der Waals surface area contributed by atoms with E-state index in [-0.39, 0.29) is 22.4 Å². The number of rotatable bonds is 9. The quantitative estimate of drug-likeness (QED) is 0.501. The van der Waals surface area contributed by atoms with E-state index in [1.807, 2.05) is 6.07 Å². The van der Waals surface area contributed by atoms with Crippen molar-refractivity contribution in [2.75, 3.05) is 0 Å². The van der Waals surface area contributed by atoms with Crippen molar-refractivity contribution in [3.63, 3.8) is 0 Å². The van der Waals surface area contributed by atoms with Crippen molar-refractivity contribution in [2.24, 2.45) is 0 Å². The molecule has 5 nitrogen and oxygen atoms in total. The molecular formula is C21H23ClN2O3. The molecule has 1 N–H and O–H groups in total. The van der Waals surface area contributed by atoms with Gasteiger partial charge in [0.25, 0.3) is 5.56 Å². The summed E-state index contributed by atoms with van der Waals surface area (Å²) in [7, 11) is 0. The third-order valence-electron chi connectivity index (χ3n) is 4.42. The first-order valence-corrected chi connectivity index (χ1v) is 9.53. The third-order valence-corrected chi connectivity index (χ3v) is 4.66. The molecule has 0 unspecified atom stereocenters. The van der Waals surface area contributed by atoms with Crippen LogP contribution in [-0.2, 0) is 6.54 Å². The number of hydrogen-bond donors (Lipinski definition) is 1. The number of nitrogens with zero attached hydrogens (tertiary/aromatic N) is 2. The number of nitriles is 1. The molecule has 1 aromatic heterocycles. The number of phenolic OH excluding ortho intramolecular Hbond substituents is 1. The molecule has 0 amide bonds. The fraction of sp³-hybridized carbons (Fsp3) is 0.381. The second-order valence-corrected chi connectivity index (χ2v) is 6.95. The fourth-order valence-corrected chi connectivity index (χ4v) is 3.09. The number of unbranched alkanes of at least 4 members (excludes halogenated alkanes) is 5. The normalized spacial score (nSPS) is 10.6. The fourth-order valence-electron chi connectivity index (χ4n) is 2.91. The molecule has 0 aliphatic rings. The van der Waals surface area contributed by atoms with Gasteiger partial charge in [0.1, 0.15) is 17.4 Å². The number of aromatic hydroxyl groups is 1. The van der Waals surface area contributed by atoms with Gasteiger partial charge < -0.3 is 9.67 Å². The minimum Gasteiger partial charge on any atom is -0.507 e. The highest BCUT2D eigenvalue weighted by molar-refractivity contribution is 6.31. The van der Waals surface area contributed by atoms with E-state index in [4.69, 9.17) is 11.6 Å². The van der Waals surface area contributed by atoms with Crippen molar-refractivity contribution < 1.29 is 9.90 Å². The number of carbonyl (C=O) groups excluding carboxylic acids is 1. The van der Waals surface area contributed by atoms with Crippen molar-refractivity contribution >= 4 is 17.4 Å². The lowest BCUT2D eigenvalue weighted by Gasteiger charge is -2.10. The van der Waals surface area contributed by atoms with Crippen LogP contribution < -0.4 is 5.56 Å². The van der Waals surface area contributed by atoms with E-state index in [1.165, 1.54) is 54.3 Å². The van der Waals surface area contributed by atoms with Crippen LogP contribution in [0.3, 0.4) is 0 Å². The van der Waals surface area contributed by atoms with Crippen LogP contribution >= 0.6 is 11.6 Å². The Morgan fingerprint density at radius 2 is 1.89 bits per heavy atom. The molecule has 0 atom stereocenters. The predicted molar refractivity (Wildman–Crippen MR) is 105 cm³/mol. The second-order valence-electron chi connectivity index (χ2n) is 6.51. The monoisotopic (exact) mass is 386 g/mol. The molecule has 0 aliphatic carbocycles. The van der Waals surface area contributed by atoms with E-state index in [0.29, 0.717) is 11.6 Å². The zero-order valence-corrected chi connectivity index (χ0v) is 16.1. The van der Waals surface area contributed by atoms with Crippen LogP contribution in [0.1, 0.15) is 66.9 Å². The van der Waals surface area contributed by atoms with Crippen LogP contribution in [0.2, 0.25) is 5.02 Å². The Kier molecular flexibility index (Phi) is 7.63. The second kappa shape index (κ2) is 9.94. The molecule has 0 saturated carbocycles. The molecule has 0 bridgehead atoms. The van der Waals surface area contributed by atoms with Crippen LogP contribution in [-0.4, -0.2) is 15.5 Å². The summed E-state index contributed by atoms with van der Waals surface area (Å²) in [4.78, 5) is 25.1. The Labute approximate surface area is 163 Å². The number of benzene rings is 1. The van der Waals surface area contributed by atoms with Gasteiger partial charge in [0.05, 0.1) is 5.56 Å². The van der Waals surface area contributed by atoms with Gasteiger partial charge in [-0.25, -0.2) is 0 Å². The van der Waals surface area contributed by atoms with Crippen LogP contribution in [0.4, 0.5) is 0 Å². The van der Waals surface area contributed by atoms with Crippen LogP contribution in [0.5, 0.6) is 5.75 Å². The molecule has 0 saturated heterocycles. The molecule has 2 aromatic rings. The Morgan fingerprint density at radius 3 is 2.59 bits per heavy atom. The summed E-state index contributed by atoms with van der Waals surface area (Å²) >= 11 is 5.91. The van der Waals surface area contributed by atoms with Crippen molar-refractivity contribution in [1.82, 2.24) is 4.57 Å². The van der Waals surface area contributed by atoms with E-state index in [1.54, 1.807) is 0 Å². The van der Waals surface area contributed by atoms with E-state index in [9.17, 15) is 20.0 Å². The van der Waals surface area contributed by atoms with Crippen LogP contribution in [0.15, 0.2) is 35.3 Å². The number of hydrogen-bond acceptors (Lipinski definition) is 4. The van der Waals surface area contributed by atoms with E-state index < -0.39 is 11.3 Å². The van der Waals surface area contributed by atoms with Crippen LogP contribution in [0, 0.1) is 11.3 Å². The first-order chi connectivity index (χ1) is 13.0. The number of aryl methyl sites for hydroxylation is 1. The Hall–Kier alpha value is -2.58. The Balaban J connectivity index is 2.25. The lowest BCUT2D eigenvalue weighted by Crippen LogP contribution is -2.24. The van der Waals surface area contributed by atoms with Gasteiger partial charge in [-0.3, -0.25) is 9.59 Å². The van der Waals surface area contributed by atoms with Gasteiger partial charge in [-0.1, -0.05) is 50.6 Å². The number of carbonyl (C=O) groups is 1. The molecule has 2 rings (SSSR count). The average molecular weight is 387 g/mol. The number of phenols is 1. The molecule has 1 aromatic carbocycles. The number of pyridine rings is 1. The number of aromatic nitrogens is 1. The minimum atomic E-state index is -0.483. The number of halogens is 1. The standard InChI is InChI=1S/C21H23ClN2O3/c1-2-3-4-5-6-7-10-24-14-16(11-15(13-23)21(24)27)20(26)18-12-17(22)8-9-19(18)25/h8-9,11-12,14,25H,2-7,10H2,1H3. The summed E-state index contributed by atoms with van der Waals surface area (Å²) < 4.78 is 1.41. The van der Waals surface area contributed by atoms with Gasteiger partial charge in [-0.05, 0) is 30.7 Å². The minimum absolute atomic E-state index is 0.0381. The smallest absolute Gasteiger partial charge is 0.268 e. The van der Waals surface area contributed by atoms with Gasteiger partial charge in [-0.2, -0.15) is 5.26 Å². The Morgan fingerprint density at radius 1 is 1.19 bits per heavy atom. The van der Waals surface area contributed by atoms with Gasteiger partial charge in [-0.15, -0.1) is 0 Å². The molecule has 0 radical (unpaired) electrons. The van der Waals surface area contributed by atoms with Gasteiger partial charge in [0.2, 0.25) is 0 Å². The summed E-state index contributed by atoms with van der Waals surface area (Å²) in [6.07, 6.45) is 7.88. The van der Waals surface area contributed by atoms with Crippen molar-refractivity contribution in [3.8, 4) is 11.8 Å². The highest BCUT2D eigenvalue weighted by atomic mass is 35.5. The van der Waals surface area contributed by atoms with Gasteiger partial charge in [0, 0.05) is 23.3 Å². The molecule has 0 fully saturated rings. The first kappa shape index (κ1) is 20.7. The molecule has 6 heteroatoms. The largest absolute Gasteiger partial charge is 0.507 e. The molecule has 0 aliphatic heterocycles. The third kappa shape index (κ3) is 5.45. The molecule has 142 valence electrons. The maximum atomic E-state index is 12.8. The Bertz CT molecular complexity index is 913. The summed E-state index contributed by atoms with van der Waals surface area (Å²) in [6, 6.07) is 7.31. The summed E-state index contributed by atoms with van der Waals surface area (Å²) in [5.74, 6) is -0.681. The zero-order valence-electron chi connectivity index (χ0n) is 15.4. The van der Waals surface area contributed by atoms with E-state index in [2.05, 4.69) is 6.92 Å². The topological polar surface area (TPSA) is 83.1 Å². The molecule has 1 heterocycles.